The molecule has 16 heavy (non-hydrogen) atoms. The van der Waals surface area contributed by atoms with Crippen LogP contribution in [0.1, 0.15) is 11.1 Å². The largest absolute Gasteiger partial charge is 0.368 e. The lowest BCUT2D eigenvalue weighted by molar-refractivity contribution is 1.08. The first kappa shape index (κ1) is 11.2. The summed E-state index contributed by atoms with van der Waals surface area (Å²) in [5, 5.41) is 0.614. The predicted molar refractivity (Wildman–Crippen MR) is 65.7 cm³/mol. The van der Waals surface area contributed by atoms with E-state index in [-0.39, 0.29) is 5.95 Å². The fourth-order valence-corrected chi connectivity index (χ4v) is 1.93. The zero-order valence-corrected chi connectivity index (χ0v) is 9.83. The van der Waals surface area contributed by atoms with Gasteiger partial charge in [-0.05, 0) is 5.56 Å². The van der Waals surface area contributed by atoms with Crippen LogP contribution in [0.2, 0.25) is 10.3 Å². The van der Waals surface area contributed by atoms with Gasteiger partial charge in [0.2, 0.25) is 5.95 Å². The van der Waals surface area contributed by atoms with Gasteiger partial charge in [0, 0.05) is 12.0 Å². The molecule has 1 aromatic carbocycles. The number of aromatic nitrogens is 2. The second kappa shape index (κ2) is 4.68. The van der Waals surface area contributed by atoms with Gasteiger partial charge in [0.05, 0.1) is 0 Å². The van der Waals surface area contributed by atoms with E-state index in [0.717, 1.165) is 5.56 Å². The van der Waals surface area contributed by atoms with Crippen LogP contribution in [-0.4, -0.2) is 9.97 Å². The highest BCUT2D eigenvalue weighted by Gasteiger charge is 2.10. The maximum atomic E-state index is 5.97. The maximum Gasteiger partial charge on any atom is 0.222 e. The van der Waals surface area contributed by atoms with Crippen LogP contribution in [0, 0.1) is 0 Å². The monoisotopic (exact) mass is 253 g/mol. The standard InChI is InChI=1S/C11H9Cl2N3/c12-9-8(10(13)16-11(14)15-9)6-7-4-2-1-3-5-7/h1-5H,6H2,(H2,14,15,16). The molecule has 0 spiro atoms. The van der Waals surface area contributed by atoms with Gasteiger partial charge in [-0.2, -0.15) is 0 Å². The van der Waals surface area contributed by atoms with Crippen LogP contribution in [0.4, 0.5) is 5.95 Å². The van der Waals surface area contributed by atoms with E-state index in [9.17, 15) is 0 Å². The summed E-state index contributed by atoms with van der Waals surface area (Å²) < 4.78 is 0. The van der Waals surface area contributed by atoms with Crippen LogP contribution in [0.15, 0.2) is 30.3 Å². The zero-order valence-electron chi connectivity index (χ0n) is 8.32. The van der Waals surface area contributed by atoms with E-state index in [1.807, 2.05) is 30.3 Å². The number of nitrogen functional groups attached to an aromatic ring is 1. The fraction of sp³-hybridized carbons (Fsp3) is 0.0909. The molecule has 2 rings (SSSR count). The molecule has 82 valence electrons. The highest BCUT2D eigenvalue weighted by Crippen LogP contribution is 2.24. The topological polar surface area (TPSA) is 51.8 Å². The number of anilines is 1. The van der Waals surface area contributed by atoms with Crippen LogP contribution in [0.3, 0.4) is 0 Å². The van der Waals surface area contributed by atoms with E-state index in [0.29, 0.717) is 22.3 Å². The molecule has 0 saturated heterocycles. The Morgan fingerprint density at radius 3 is 2.12 bits per heavy atom. The summed E-state index contributed by atoms with van der Waals surface area (Å²) in [4.78, 5) is 7.76. The van der Waals surface area contributed by atoms with E-state index < -0.39 is 0 Å². The van der Waals surface area contributed by atoms with Gasteiger partial charge in [-0.3, -0.25) is 0 Å². The Hall–Kier alpha value is -1.32. The van der Waals surface area contributed by atoms with Gasteiger partial charge in [0.15, 0.2) is 0 Å². The van der Waals surface area contributed by atoms with Crippen molar-refractivity contribution in [3.8, 4) is 0 Å². The minimum atomic E-state index is 0.0896. The minimum Gasteiger partial charge on any atom is -0.368 e. The first-order valence-corrected chi connectivity index (χ1v) is 5.43. The van der Waals surface area contributed by atoms with Crippen LogP contribution < -0.4 is 5.73 Å². The molecule has 0 unspecified atom stereocenters. The third-order valence-corrected chi connectivity index (χ3v) is 2.77. The number of hydrogen-bond donors (Lipinski definition) is 1. The van der Waals surface area contributed by atoms with Crippen molar-refractivity contribution in [3.05, 3.63) is 51.8 Å². The SMILES string of the molecule is Nc1nc(Cl)c(Cc2ccccc2)c(Cl)n1. The molecule has 0 amide bonds. The van der Waals surface area contributed by atoms with Crippen LogP contribution in [0.25, 0.3) is 0 Å². The summed E-state index contributed by atoms with van der Waals surface area (Å²) in [6.07, 6.45) is 0.596. The molecule has 2 aromatic rings. The van der Waals surface area contributed by atoms with E-state index >= 15 is 0 Å². The molecule has 0 aliphatic carbocycles. The van der Waals surface area contributed by atoms with Crippen molar-refractivity contribution in [1.82, 2.24) is 9.97 Å². The van der Waals surface area contributed by atoms with Gasteiger partial charge in [0.1, 0.15) is 10.3 Å². The third-order valence-electron chi connectivity index (χ3n) is 2.15. The molecular formula is C11H9Cl2N3. The molecule has 1 aromatic heterocycles. The van der Waals surface area contributed by atoms with Gasteiger partial charge in [-0.1, -0.05) is 53.5 Å². The Bertz CT molecular complexity index is 477. The van der Waals surface area contributed by atoms with Gasteiger partial charge in [-0.15, -0.1) is 0 Å². The molecule has 0 radical (unpaired) electrons. The van der Waals surface area contributed by atoms with Crippen LogP contribution in [0.5, 0.6) is 0 Å². The number of halogens is 2. The fourth-order valence-electron chi connectivity index (χ4n) is 1.39. The Balaban J connectivity index is 2.35. The average molecular weight is 254 g/mol. The predicted octanol–water partition coefficient (Wildman–Crippen LogP) is 2.96. The number of nitrogens with zero attached hydrogens (tertiary/aromatic N) is 2. The Morgan fingerprint density at radius 2 is 1.56 bits per heavy atom. The number of rotatable bonds is 2. The minimum absolute atomic E-state index is 0.0896. The van der Waals surface area contributed by atoms with Crippen molar-refractivity contribution in [2.45, 2.75) is 6.42 Å². The summed E-state index contributed by atoms with van der Waals surface area (Å²) >= 11 is 11.9. The second-order valence-corrected chi connectivity index (χ2v) is 4.02. The highest BCUT2D eigenvalue weighted by atomic mass is 35.5. The molecular weight excluding hydrogens is 245 g/mol. The molecule has 0 bridgehead atoms. The first-order valence-electron chi connectivity index (χ1n) is 4.68. The number of hydrogen-bond acceptors (Lipinski definition) is 3. The van der Waals surface area contributed by atoms with E-state index in [4.69, 9.17) is 28.9 Å². The average Bonchev–Trinajstić information content (AvgIpc) is 2.25. The molecule has 0 atom stereocenters. The summed E-state index contributed by atoms with van der Waals surface area (Å²) in [5.74, 6) is 0.0896. The Labute approximate surface area is 103 Å². The summed E-state index contributed by atoms with van der Waals surface area (Å²) in [5.41, 5.74) is 7.23. The second-order valence-electron chi connectivity index (χ2n) is 3.30. The highest BCUT2D eigenvalue weighted by molar-refractivity contribution is 6.34. The maximum absolute atomic E-state index is 5.97. The quantitative estimate of drug-likeness (QED) is 0.838. The van der Waals surface area contributed by atoms with Crippen molar-refractivity contribution in [2.75, 3.05) is 5.73 Å². The van der Waals surface area contributed by atoms with E-state index in [1.54, 1.807) is 0 Å². The lowest BCUT2D eigenvalue weighted by Crippen LogP contribution is -2.00. The van der Waals surface area contributed by atoms with Crippen molar-refractivity contribution in [2.24, 2.45) is 0 Å². The summed E-state index contributed by atoms with van der Waals surface area (Å²) in [7, 11) is 0. The molecule has 0 saturated carbocycles. The third kappa shape index (κ3) is 2.43. The molecule has 0 aliphatic rings. The van der Waals surface area contributed by atoms with Gasteiger partial charge in [-0.25, -0.2) is 9.97 Å². The van der Waals surface area contributed by atoms with E-state index in [2.05, 4.69) is 9.97 Å². The number of nitrogens with two attached hydrogens (primary N) is 1. The molecule has 5 heteroatoms. The first-order chi connectivity index (χ1) is 7.66. The van der Waals surface area contributed by atoms with Gasteiger partial charge < -0.3 is 5.73 Å². The van der Waals surface area contributed by atoms with Crippen LogP contribution in [-0.2, 0) is 6.42 Å². The molecule has 0 aliphatic heterocycles. The summed E-state index contributed by atoms with van der Waals surface area (Å²) in [6, 6.07) is 9.84. The number of benzene rings is 1. The van der Waals surface area contributed by atoms with Crippen molar-refractivity contribution in [3.63, 3.8) is 0 Å². The summed E-state index contributed by atoms with van der Waals surface area (Å²) in [6.45, 7) is 0. The Morgan fingerprint density at radius 1 is 1.00 bits per heavy atom. The molecule has 2 N–H and O–H groups in total. The lowest BCUT2D eigenvalue weighted by Gasteiger charge is -2.06. The molecule has 1 heterocycles. The lowest BCUT2D eigenvalue weighted by atomic mass is 10.1. The Kier molecular flexibility index (Phi) is 3.27. The molecule has 0 fully saturated rings. The van der Waals surface area contributed by atoms with Crippen molar-refractivity contribution >= 4 is 29.2 Å². The van der Waals surface area contributed by atoms with Crippen LogP contribution >= 0.6 is 23.2 Å². The molecule has 3 nitrogen and oxygen atoms in total. The van der Waals surface area contributed by atoms with Gasteiger partial charge >= 0.3 is 0 Å². The van der Waals surface area contributed by atoms with Crippen molar-refractivity contribution < 1.29 is 0 Å². The zero-order chi connectivity index (χ0) is 11.5. The van der Waals surface area contributed by atoms with Crippen molar-refractivity contribution in [1.29, 1.82) is 0 Å². The smallest absolute Gasteiger partial charge is 0.222 e. The normalized spacial score (nSPS) is 10.4. The van der Waals surface area contributed by atoms with Gasteiger partial charge in [0.25, 0.3) is 0 Å². The van der Waals surface area contributed by atoms with E-state index in [1.165, 1.54) is 0 Å².